The van der Waals surface area contributed by atoms with E-state index >= 15 is 0 Å². The number of hydrogen-bond acceptors (Lipinski definition) is 3. The van der Waals surface area contributed by atoms with Gasteiger partial charge >= 0.3 is 0 Å². The van der Waals surface area contributed by atoms with E-state index in [1.807, 2.05) is 39.0 Å². The first kappa shape index (κ1) is 16.5. The zero-order valence-electron chi connectivity index (χ0n) is 12.8. The van der Waals surface area contributed by atoms with Gasteiger partial charge in [-0.1, -0.05) is 25.5 Å². The standard InChI is InChI=1S/C16H25NO3/c1-5-9-16(4,19)11-17-15(18)10-20-14-8-6-7-12(2)13(14)3/h6-8,19H,5,9-11H2,1-4H3,(H,17,18). The van der Waals surface area contributed by atoms with Crippen LogP contribution in [0.3, 0.4) is 0 Å². The van der Waals surface area contributed by atoms with Gasteiger partial charge in [-0.25, -0.2) is 0 Å². The van der Waals surface area contributed by atoms with Crippen molar-refractivity contribution in [2.45, 2.75) is 46.1 Å². The molecule has 1 atom stereocenters. The van der Waals surface area contributed by atoms with Gasteiger partial charge < -0.3 is 15.2 Å². The molecule has 1 amide bonds. The van der Waals surface area contributed by atoms with Crippen LogP contribution in [0, 0.1) is 13.8 Å². The van der Waals surface area contributed by atoms with E-state index in [0.717, 1.165) is 23.3 Å². The molecule has 1 rings (SSSR count). The minimum absolute atomic E-state index is 0.0352. The predicted molar refractivity (Wildman–Crippen MR) is 80.0 cm³/mol. The average molecular weight is 279 g/mol. The van der Waals surface area contributed by atoms with E-state index in [1.54, 1.807) is 6.92 Å². The van der Waals surface area contributed by atoms with Crippen molar-refractivity contribution in [3.63, 3.8) is 0 Å². The summed E-state index contributed by atoms with van der Waals surface area (Å²) < 4.78 is 5.51. The summed E-state index contributed by atoms with van der Waals surface area (Å²) >= 11 is 0. The molecule has 112 valence electrons. The molecule has 0 spiro atoms. The lowest BCUT2D eigenvalue weighted by atomic mass is 10.0. The molecule has 0 saturated heterocycles. The lowest BCUT2D eigenvalue weighted by Gasteiger charge is -2.23. The number of rotatable bonds is 7. The number of carbonyl (C=O) groups is 1. The lowest BCUT2D eigenvalue weighted by Crippen LogP contribution is -2.42. The highest BCUT2D eigenvalue weighted by atomic mass is 16.5. The molecule has 0 radical (unpaired) electrons. The summed E-state index contributed by atoms with van der Waals surface area (Å²) in [5.74, 6) is 0.503. The second-order valence-corrected chi connectivity index (χ2v) is 5.51. The Morgan fingerprint density at radius 1 is 1.40 bits per heavy atom. The minimum atomic E-state index is -0.857. The third kappa shape index (κ3) is 5.21. The topological polar surface area (TPSA) is 58.6 Å². The molecule has 0 bridgehead atoms. The molecule has 0 aliphatic heterocycles. The summed E-state index contributed by atoms with van der Waals surface area (Å²) in [6, 6.07) is 5.76. The van der Waals surface area contributed by atoms with E-state index in [0.29, 0.717) is 6.42 Å². The Morgan fingerprint density at radius 2 is 2.10 bits per heavy atom. The van der Waals surface area contributed by atoms with Crippen LogP contribution < -0.4 is 10.1 Å². The monoisotopic (exact) mass is 279 g/mol. The van der Waals surface area contributed by atoms with E-state index in [4.69, 9.17) is 4.74 Å². The van der Waals surface area contributed by atoms with Crippen molar-refractivity contribution in [1.82, 2.24) is 5.32 Å². The molecular weight excluding hydrogens is 254 g/mol. The number of nitrogens with one attached hydrogen (secondary N) is 1. The molecule has 0 saturated carbocycles. The van der Waals surface area contributed by atoms with Gasteiger partial charge in [-0.3, -0.25) is 4.79 Å². The van der Waals surface area contributed by atoms with Crippen molar-refractivity contribution in [2.75, 3.05) is 13.2 Å². The van der Waals surface area contributed by atoms with Crippen LogP contribution in [0.5, 0.6) is 5.75 Å². The quantitative estimate of drug-likeness (QED) is 0.805. The molecule has 2 N–H and O–H groups in total. The predicted octanol–water partition coefficient (Wildman–Crippen LogP) is 2.35. The van der Waals surface area contributed by atoms with Gasteiger partial charge in [0.1, 0.15) is 5.75 Å². The molecule has 1 aromatic rings. The van der Waals surface area contributed by atoms with E-state index in [9.17, 15) is 9.90 Å². The fourth-order valence-electron chi connectivity index (χ4n) is 1.99. The average Bonchev–Trinajstić information content (AvgIpc) is 2.38. The minimum Gasteiger partial charge on any atom is -0.483 e. The molecule has 0 aliphatic carbocycles. The largest absolute Gasteiger partial charge is 0.483 e. The Kier molecular flexibility index (Phi) is 6.02. The van der Waals surface area contributed by atoms with E-state index in [2.05, 4.69) is 5.32 Å². The molecule has 1 unspecified atom stereocenters. The van der Waals surface area contributed by atoms with Crippen LogP contribution in [0.2, 0.25) is 0 Å². The van der Waals surface area contributed by atoms with Crippen LogP contribution in [-0.2, 0) is 4.79 Å². The molecule has 0 heterocycles. The van der Waals surface area contributed by atoms with E-state index in [-0.39, 0.29) is 19.1 Å². The second kappa shape index (κ2) is 7.29. The van der Waals surface area contributed by atoms with Crippen molar-refractivity contribution < 1.29 is 14.6 Å². The zero-order valence-corrected chi connectivity index (χ0v) is 12.8. The lowest BCUT2D eigenvalue weighted by molar-refractivity contribution is -0.124. The van der Waals surface area contributed by atoms with Gasteiger partial charge in [-0.15, -0.1) is 0 Å². The van der Waals surface area contributed by atoms with Crippen molar-refractivity contribution in [3.8, 4) is 5.75 Å². The fraction of sp³-hybridized carbons (Fsp3) is 0.562. The maximum atomic E-state index is 11.7. The smallest absolute Gasteiger partial charge is 0.258 e. The van der Waals surface area contributed by atoms with Gasteiger partial charge in [-0.2, -0.15) is 0 Å². The van der Waals surface area contributed by atoms with Crippen LogP contribution in [-0.4, -0.2) is 29.8 Å². The first-order chi connectivity index (χ1) is 9.35. The van der Waals surface area contributed by atoms with Crippen molar-refractivity contribution in [3.05, 3.63) is 29.3 Å². The number of carbonyl (C=O) groups excluding carboxylic acids is 1. The second-order valence-electron chi connectivity index (χ2n) is 5.51. The van der Waals surface area contributed by atoms with Crippen LogP contribution in [0.25, 0.3) is 0 Å². The molecule has 1 aromatic carbocycles. The first-order valence-electron chi connectivity index (χ1n) is 7.04. The summed E-state index contributed by atoms with van der Waals surface area (Å²) in [4.78, 5) is 11.7. The van der Waals surface area contributed by atoms with Gasteiger partial charge in [0.25, 0.3) is 5.91 Å². The zero-order chi connectivity index (χ0) is 15.2. The van der Waals surface area contributed by atoms with E-state index in [1.165, 1.54) is 0 Å². The summed E-state index contributed by atoms with van der Waals surface area (Å²) in [6.07, 6.45) is 1.53. The number of hydrogen-bond donors (Lipinski definition) is 2. The number of aryl methyl sites for hydroxylation is 1. The molecular formula is C16H25NO3. The van der Waals surface area contributed by atoms with Crippen LogP contribution in [0.4, 0.5) is 0 Å². The summed E-state index contributed by atoms with van der Waals surface area (Å²) in [6.45, 7) is 7.91. The Morgan fingerprint density at radius 3 is 2.75 bits per heavy atom. The van der Waals surface area contributed by atoms with Crippen LogP contribution >= 0.6 is 0 Å². The van der Waals surface area contributed by atoms with Crippen LogP contribution in [0.15, 0.2) is 18.2 Å². The molecule has 0 aromatic heterocycles. The highest BCUT2D eigenvalue weighted by molar-refractivity contribution is 5.77. The van der Waals surface area contributed by atoms with Gasteiger partial charge in [0.15, 0.2) is 6.61 Å². The number of ether oxygens (including phenoxy) is 1. The Balaban J connectivity index is 2.42. The summed E-state index contributed by atoms with van der Waals surface area (Å²) in [5.41, 5.74) is 1.32. The molecule has 20 heavy (non-hydrogen) atoms. The first-order valence-corrected chi connectivity index (χ1v) is 7.04. The highest BCUT2D eigenvalue weighted by Crippen LogP contribution is 2.20. The number of aliphatic hydroxyl groups is 1. The van der Waals surface area contributed by atoms with Gasteiger partial charge in [-0.05, 0) is 44.4 Å². The normalized spacial score (nSPS) is 13.7. The van der Waals surface area contributed by atoms with Crippen molar-refractivity contribution in [2.24, 2.45) is 0 Å². The summed E-state index contributed by atoms with van der Waals surface area (Å²) in [7, 11) is 0. The Hall–Kier alpha value is -1.55. The summed E-state index contributed by atoms with van der Waals surface area (Å²) in [5, 5.41) is 12.7. The third-order valence-electron chi connectivity index (χ3n) is 3.37. The van der Waals surface area contributed by atoms with Gasteiger partial charge in [0.05, 0.1) is 5.60 Å². The van der Waals surface area contributed by atoms with Gasteiger partial charge in [0, 0.05) is 6.54 Å². The maximum absolute atomic E-state index is 11.7. The SMILES string of the molecule is CCCC(C)(O)CNC(=O)COc1cccc(C)c1C. The molecule has 0 aliphatic rings. The van der Waals surface area contributed by atoms with Crippen LogP contribution in [0.1, 0.15) is 37.8 Å². The fourth-order valence-corrected chi connectivity index (χ4v) is 1.99. The number of benzene rings is 1. The van der Waals surface area contributed by atoms with E-state index < -0.39 is 5.60 Å². The van der Waals surface area contributed by atoms with Gasteiger partial charge in [0.2, 0.25) is 0 Å². The Labute approximate surface area is 121 Å². The molecule has 4 heteroatoms. The number of amides is 1. The van der Waals surface area contributed by atoms with Crippen molar-refractivity contribution >= 4 is 5.91 Å². The third-order valence-corrected chi connectivity index (χ3v) is 3.37. The van der Waals surface area contributed by atoms with Crippen molar-refractivity contribution in [1.29, 1.82) is 0 Å². The maximum Gasteiger partial charge on any atom is 0.258 e. The highest BCUT2D eigenvalue weighted by Gasteiger charge is 2.19. The molecule has 0 fully saturated rings. The Bertz CT molecular complexity index is 455. The molecule has 4 nitrogen and oxygen atoms in total.